The minimum atomic E-state index is -0.652. The average molecular weight is 385 g/mol. The molecule has 1 amide bonds. The van der Waals surface area contributed by atoms with Crippen molar-refractivity contribution in [2.24, 2.45) is 0 Å². The van der Waals surface area contributed by atoms with E-state index in [9.17, 15) is 4.79 Å². The van der Waals surface area contributed by atoms with E-state index < -0.39 is 5.54 Å². The lowest BCUT2D eigenvalue weighted by atomic mass is 9.87. The predicted molar refractivity (Wildman–Crippen MR) is 99.4 cm³/mol. The zero-order valence-corrected chi connectivity index (χ0v) is 15.6. The first-order valence-corrected chi connectivity index (χ1v) is 8.35. The molecule has 1 aliphatic heterocycles. The number of carbonyl (C=O) groups is 1. The van der Waals surface area contributed by atoms with Crippen LogP contribution in [-0.4, -0.2) is 35.9 Å². The van der Waals surface area contributed by atoms with Gasteiger partial charge in [-0.1, -0.05) is 11.6 Å². The summed E-state index contributed by atoms with van der Waals surface area (Å²) in [6.45, 7) is 1.93. The molecule has 25 heavy (non-hydrogen) atoms. The number of piperidine rings is 1. The van der Waals surface area contributed by atoms with E-state index >= 15 is 0 Å². The number of benzene rings is 1. The van der Waals surface area contributed by atoms with Crippen molar-refractivity contribution in [3.05, 3.63) is 47.2 Å². The number of methoxy groups -OCH3 is 1. The fraction of sp³-hybridized carbons (Fsp3) is 0.412. The molecule has 0 atom stereocenters. The fourth-order valence-electron chi connectivity index (χ4n) is 3.15. The Balaban J connectivity index is 0.00000225. The lowest BCUT2D eigenvalue weighted by Gasteiger charge is -2.36. The third kappa shape index (κ3) is 4.08. The van der Waals surface area contributed by atoms with Crippen LogP contribution in [0.3, 0.4) is 0 Å². The molecule has 0 aliphatic carbocycles. The van der Waals surface area contributed by atoms with Gasteiger partial charge in [-0.15, -0.1) is 12.4 Å². The number of rotatable bonds is 5. The highest BCUT2D eigenvalue weighted by Crippen LogP contribution is 2.28. The molecule has 1 fully saturated rings. The molecule has 2 aromatic rings. The van der Waals surface area contributed by atoms with Crippen LogP contribution in [0.15, 0.2) is 36.7 Å². The molecule has 1 aromatic heterocycles. The second-order valence-electron chi connectivity index (χ2n) is 5.87. The molecular formula is C17H22Cl2N4O2. The molecule has 1 aromatic carbocycles. The van der Waals surface area contributed by atoms with E-state index in [1.807, 2.05) is 18.3 Å². The maximum Gasteiger partial charge on any atom is 0.248 e. The minimum absolute atomic E-state index is 0. The van der Waals surface area contributed by atoms with Gasteiger partial charge in [-0.2, -0.15) is 5.10 Å². The zero-order chi connectivity index (χ0) is 17.0. The molecular weight excluding hydrogens is 363 g/mol. The SMILES string of the molecule is COc1ccc(Cl)cc1CNC(=O)C1(n2cccn2)CCNCC1.Cl. The van der Waals surface area contributed by atoms with Crippen molar-refractivity contribution in [3.63, 3.8) is 0 Å². The van der Waals surface area contributed by atoms with Crippen molar-refractivity contribution in [3.8, 4) is 5.75 Å². The Bertz CT molecular complexity index is 701. The number of amides is 1. The quantitative estimate of drug-likeness (QED) is 0.829. The van der Waals surface area contributed by atoms with E-state index in [0.717, 1.165) is 18.7 Å². The Hall–Kier alpha value is -1.76. The van der Waals surface area contributed by atoms with Gasteiger partial charge in [0, 0.05) is 29.5 Å². The standard InChI is InChI=1S/C17H21ClN4O2.ClH/c1-24-15-4-3-14(18)11-13(15)12-20-16(23)17(5-8-19-9-6-17)22-10-2-7-21-22;/h2-4,7,10-11,19H,5-6,8-9,12H2,1H3,(H,20,23);1H. The normalized spacial score (nSPS) is 15.9. The van der Waals surface area contributed by atoms with Gasteiger partial charge in [-0.05, 0) is 50.2 Å². The summed E-state index contributed by atoms with van der Waals surface area (Å²) in [6.07, 6.45) is 4.96. The summed E-state index contributed by atoms with van der Waals surface area (Å²) in [4.78, 5) is 13.0. The lowest BCUT2D eigenvalue weighted by Crippen LogP contribution is -2.54. The summed E-state index contributed by atoms with van der Waals surface area (Å²) in [7, 11) is 1.60. The number of hydrogen-bond acceptors (Lipinski definition) is 4. The summed E-state index contributed by atoms with van der Waals surface area (Å²) in [6, 6.07) is 7.22. The molecule has 136 valence electrons. The Morgan fingerprint density at radius 2 is 2.20 bits per heavy atom. The summed E-state index contributed by atoms with van der Waals surface area (Å²) in [5, 5.41) is 11.3. The minimum Gasteiger partial charge on any atom is -0.496 e. The molecule has 0 unspecified atom stereocenters. The Labute approximate surface area is 158 Å². The number of nitrogens with zero attached hydrogens (tertiary/aromatic N) is 2. The zero-order valence-electron chi connectivity index (χ0n) is 14.0. The number of halogens is 2. The van der Waals surface area contributed by atoms with Gasteiger partial charge >= 0.3 is 0 Å². The van der Waals surface area contributed by atoms with Gasteiger partial charge in [0.2, 0.25) is 5.91 Å². The molecule has 2 N–H and O–H groups in total. The molecule has 6 nitrogen and oxygen atoms in total. The maximum atomic E-state index is 13.0. The Morgan fingerprint density at radius 1 is 1.44 bits per heavy atom. The van der Waals surface area contributed by atoms with Gasteiger partial charge in [0.05, 0.1) is 7.11 Å². The van der Waals surface area contributed by atoms with Crippen molar-refractivity contribution in [1.29, 1.82) is 0 Å². The van der Waals surface area contributed by atoms with E-state index in [2.05, 4.69) is 15.7 Å². The monoisotopic (exact) mass is 384 g/mol. The van der Waals surface area contributed by atoms with Gasteiger partial charge in [-0.25, -0.2) is 0 Å². The highest BCUT2D eigenvalue weighted by Gasteiger charge is 2.41. The largest absolute Gasteiger partial charge is 0.496 e. The van der Waals surface area contributed by atoms with E-state index in [1.165, 1.54) is 0 Å². The first-order chi connectivity index (χ1) is 11.7. The first-order valence-electron chi connectivity index (χ1n) is 7.97. The molecule has 8 heteroatoms. The number of nitrogens with one attached hydrogen (secondary N) is 2. The van der Waals surface area contributed by atoms with Gasteiger partial charge in [-0.3, -0.25) is 9.48 Å². The van der Waals surface area contributed by atoms with Crippen molar-refractivity contribution >= 4 is 29.9 Å². The summed E-state index contributed by atoms with van der Waals surface area (Å²) >= 11 is 6.06. The van der Waals surface area contributed by atoms with Crippen LogP contribution in [0.2, 0.25) is 5.02 Å². The molecule has 0 radical (unpaired) electrons. The molecule has 0 bridgehead atoms. The third-order valence-corrected chi connectivity index (χ3v) is 4.71. The molecule has 1 saturated heterocycles. The van der Waals surface area contributed by atoms with Crippen LogP contribution < -0.4 is 15.4 Å². The molecule has 2 heterocycles. The molecule has 1 aliphatic rings. The second kappa shape index (κ2) is 8.56. The van der Waals surface area contributed by atoms with E-state index in [0.29, 0.717) is 30.2 Å². The summed E-state index contributed by atoms with van der Waals surface area (Å²) in [5.41, 5.74) is 0.198. The average Bonchev–Trinajstić information content (AvgIpc) is 3.15. The highest BCUT2D eigenvalue weighted by atomic mass is 35.5. The third-order valence-electron chi connectivity index (χ3n) is 4.48. The van der Waals surface area contributed by atoms with E-state index in [-0.39, 0.29) is 18.3 Å². The maximum absolute atomic E-state index is 13.0. The Kier molecular flexibility index (Phi) is 6.70. The number of aromatic nitrogens is 2. The number of hydrogen-bond donors (Lipinski definition) is 2. The van der Waals surface area contributed by atoms with E-state index in [1.54, 1.807) is 30.1 Å². The topological polar surface area (TPSA) is 68.2 Å². The van der Waals surface area contributed by atoms with Crippen LogP contribution in [-0.2, 0) is 16.9 Å². The van der Waals surface area contributed by atoms with Crippen LogP contribution in [0.4, 0.5) is 0 Å². The van der Waals surface area contributed by atoms with Crippen LogP contribution in [0, 0.1) is 0 Å². The fourth-order valence-corrected chi connectivity index (χ4v) is 3.34. The summed E-state index contributed by atoms with van der Waals surface area (Å²) < 4.78 is 7.11. The van der Waals surface area contributed by atoms with Gasteiger partial charge < -0.3 is 15.4 Å². The predicted octanol–water partition coefficient (Wildman–Crippen LogP) is 2.36. The smallest absolute Gasteiger partial charge is 0.248 e. The lowest BCUT2D eigenvalue weighted by molar-refractivity contribution is -0.132. The first kappa shape index (κ1) is 19.6. The van der Waals surface area contributed by atoms with Crippen molar-refractivity contribution in [2.45, 2.75) is 24.9 Å². The van der Waals surface area contributed by atoms with Crippen LogP contribution in [0.5, 0.6) is 5.75 Å². The summed E-state index contributed by atoms with van der Waals surface area (Å²) in [5.74, 6) is 0.674. The molecule has 0 spiro atoms. The van der Waals surface area contributed by atoms with Crippen molar-refractivity contribution < 1.29 is 9.53 Å². The second-order valence-corrected chi connectivity index (χ2v) is 6.31. The van der Waals surface area contributed by atoms with Crippen LogP contribution in [0.25, 0.3) is 0 Å². The van der Waals surface area contributed by atoms with Crippen molar-refractivity contribution in [2.75, 3.05) is 20.2 Å². The van der Waals surface area contributed by atoms with Crippen molar-refractivity contribution in [1.82, 2.24) is 20.4 Å². The van der Waals surface area contributed by atoms with Crippen LogP contribution in [0.1, 0.15) is 18.4 Å². The molecule has 3 rings (SSSR count). The van der Waals surface area contributed by atoms with E-state index in [4.69, 9.17) is 16.3 Å². The van der Waals surface area contributed by atoms with Gasteiger partial charge in [0.15, 0.2) is 0 Å². The van der Waals surface area contributed by atoms with Gasteiger partial charge in [0.25, 0.3) is 0 Å². The van der Waals surface area contributed by atoms with Gasteiger partial charge in [0.1, 0.15) is 11.3 Å². The number of carbonyl (C=O) groups excluding carboxylic acids is 1. The Morgan fingerprint density at radius 3 is 2.84 bits per heavy atom. The number of ether oxygens (including phenoxy) is 1. The molecule has 0 saturated carbocycles. The highest BCUT2D eigenvalue weighted by molar-refractivity contribution is 6.30. The van der Waals surface area contributed by atoms with Crippen LogP contribution >= 0.6 is 24.0 Å².